The van der Waals surface area contributed by atoms with Crippen LogP contribution in [0.4, 0.5) is 11.4 Å². The van der Waals surface area contributed by atoms with E-state index in [1.165, 1.54) is 19.2 Å². The Bertz CT molecular complexity index is 1290. The average Bonchev–Trinajstić information content (AvgIpc) is 2.84. The molecule has 3 rings (SSSR count). The zero-order chi connectivity index (χ0) is 24.9. The molecule has 0 atom stereocenters. The van der Waals surface area contributed by atoms with Crippen molar-refractivity contribution in [3.8, 4) is 11.5 Å². The summed E-state index contributed by atoms with van der Waals surface area (Å²) in [7, 11) is 0.752. The molecule has 0 spiro atoms. The van der Waals surface area contributed by atoms with Gasteiger partial charge in [-0.25, -0.2) is 13.1 Å². The van der Waals surface area contributed by atoms with Gasteiger partial charge in [0.1, 0.15) is 11.5 Å². The summed E-state index contributed by atoms with van der Waals surface area (Å²) in [4.78, 5) is 12.9. The highest BCUT2D eigenvalue weighted by molar-refractivity contribution is 7.89. The molecule has 8 nitrogen and oxygen atoms in total. The van der Waals surface area contributed by atoms with Crippen LogP contribution in [0.2, 0.25) is 0 Å². The van der Waals surface area contributed by atoms with Gasteiger partial charge >= 0.3 is 0 Å². The number of amides is 1. The van der Waals surface area contributed by atoms with E-state index < -0.39 is 15.9 Å². The van der Waals surface area contributed by atoms with Crippen molar-refractivity contribution in [3.05, 3.63) is 76.9 Å². The molecule has 3 aromatic rings. The molecule has 0 saturated heterocycles. The van der Waals surface area contributed by atoms with Gasteiger partial charge in [0, 0.05) is 23.5 Å². The maximum atomic E-state index is 12.9. The Morgan fingerprint density at radius 3 is 2.21 bits per heavy atom. The molecule has 9 heteroatoms. The van der Waals surface area contributed by atoms with E-state index in [-0.39, 0.29) is 10.5 Å². The third-order valence-corrected chi connectivity index (χ3v) is 6.83. The summed E-state index contributed by atoms with van der Waals surface area (Å²) in [5.41, 5.74) is 4.33. The highest BCUT2D eigenvalue weighted by atomic mass is 32.2. The first-order valence-corrected chi connectivity index (χ1v) is 12.1. The SMILES string of the molecule is CNS(=O)(=O)c1cc(NCc2cc(C)c(OC)cc2C)cc(C(=O)Nc2ccc(OC)cc2)c1. The molecule has 3 aromatic carbocycles. The fourth-order valence-electron chi connectivity index (χ4n) is 3.44. The number of nitrogens with one attached hydrogen (secondary N) is 3. The average molecular weight is 484 g/mol. The monoisotopic (exact) mass is 483 g/mol. The van der Waals surface area contributed by atoms with Crippen molar-refractivity contribution in [1.82, 2.24) is 4.72 Å². The Labute approximate surface area is 200 Å². The molecular weight excluding hydrogens is 454 g/mol. The number of carbonyl (C=O) groups is 1. The van der Waals surface area contributed by atoms with Crippen LogP contribution >= 0.6 is 0 Å². The van der Waals surface area contributed by atoms with E-state index in [0.29, 0.717) is 23.7 Å². The highest BCUT2D eigenvalue weighted by Crippen LogP contribution is 2.25. The Morgan fingerprint density at radius 2 is 1.59 bits per heavy atom. The zero-order valence-corrected chi connectivity index (χ0v) is 20.7. The summed E-state index contributed by atoms with van der Waals surface area (Å²) >= 11 is 0. The van der Waals surface area contributed by atoms with Crippen LogP contribution in [0, 0.1) is 13.8 Å². The predicted molar refractivity (Wildman–Crippen MR) is 133 cm³/mol. The van der Waals surface area contributed by atoms with E-state index in [1.54, 1.807) is 44.6 Å². The molecule has 0 aliphatic heterocycles. The van der Waals surface area contributed by atoms with Gasteiger partial charge in [-0.05, 0) is 86.1 Å². The molecule has 0 aromatic heterocycles. The lowest BCUT2D eigenvalue weighted by Crippen LogP contribution is -2.20. The summed E-state index contributed by atoms with van der Waals surface area (Å²) in [6, 6.07) is 15.3. The smallest absolute Gasteiger partial charge is 0.255 e. The Balaban J connectivity index is 1.89. The summed E-state index contributed by atoms with van der Waals surface area (Å²) in [6.07, 6.45) is 0. The van der Waals surface area contributed by atoms with Crippen molar-refractivity contribution in [3.63, 3.8) is 0 Å². The topological polar surface area (TPSA) is 106 Å². The molecule has 34 heavy (non-hydrogen) atoms. The molecule has 180 valence electrons. The third-order valence-electron chi connectivity index (χ3n) is 5.43. The molecule has 0 bridgehead atoms. The van der Waals surface area contributed by atoms with Crippen LogP contribution in [0.25, 0.3) is 0 Å². The molecule has 0 saturated carbocycles. The fraction of sp³-hybridized carbons (Fsp3) is 0.240. The van der Waals surface area contributed by atoms with E-state index in [9.17, 15) is 13.2 Å². The van der Waals surface area contributed by atoms with Crippen LogP contribution in [-0.4, -0.2) is 35.6 Å². The molecular formula is C25H29N3O5S. The van der Waals surface area contributed by atoms with E-state index in [1.807, 2.05) is 26.0 Å². The molecule has 1 amide bonds. The standard InChI is InChI=1S/C25H29N3O5S/c1-16-11-24(33-5)17(2)10-19(16)15-27-21-12-18(13-23(14-21)34(30,31)26-3)25(29)28-20-6-8-22(32-4)9-7-20/h6-14,26-27H,15H2,1-5H3,(H,28,29). The van der Waals surface area contributed by atoms with Gasteiger partial charge in [-0.1, -0.05) is 6.07 Å². The number of hydrogen-bond donors (Lipinski definition) is 3. The largest absolute Gasteiger partial charge is 0.497 e. The van der Waals surface area contributed by atoms with E-state index >= 15 is 0 Å². The first-order chi connectivity index (χ1) is 16.2. The van der Waals surface area contributed by atoms with Crippen LogP contribution in [0.5, 0.6) is 11.5 Å². The van der Waals surface area contributed by atoms with Crippen molar-refractivity contribution in [2.45, 2.75) is 25.3 Å². The zero-order valence-electron chi connectivity index (χ0n) is 19.9. The quantitative estimate of drug-likeness (QED) is 0.423. The van der Waals surface area contributed by atoms with Gasteiger partial charge < -0.3 is 20.1 Å². The lowest BCUT2D eigenvalue weighted by atomic mass is 10.0. The van der Waals surface area contributed by atoms with Crippen LogP contribution in [0.15, 0.2) is 59.5 Å². The minimum Gasteiger partial charge on any atom is -0.497 e. The number of methoxy groups -OCH3 is 2. The van der Waals surface area contributed by atoms with Crippen molar-refractivity contribution < 1.29 is 22.7 Å². The van der Waals surface area contributed by atoms with Gasteiger partial charge in [-0.3, -0.25) is 4.79 Å². The number of aryl methyl sites for hydroxylation is 2. The molecule has 0 aliphatic rings. The Kier molecular flexibility index (Phi) is 7.80. The Morgan fingerprint density at radius 1 is 0.882 bits per heavy atom. The number of anilines is 2. The minimum absolute atomic E-state index is 0.0116. The lowest BCUT2D eigenvalue weighted by Gasteiger charge is -2.15. The van der Waals surface area contributed by atoms with Crippen LogP contribution in [-0.2, 0) is 16.6 Å². The normalized spacial score (nSPS) is 11.1. The molecule has 0 aliphatic carbocycles. The second-order valence-electron chi connectivity index (χ2n) is 7.74. The third kappa shape index (κ3) is 5.86. The number of sulfonamides is 1. The van der Waals surface area contributed by atoms with Crippen LogP contribution in [0.1, 0.15) is 27.0 Å². The van der Waals surface area contributed by atoms with Gasteiger partial charge in [-0.15, -0.1) is 0 Å². The number of rotatable bonds is 9. The fourth-order valence-corrected chi connectivity index (χ4v) is 4.24. The van der Waals surface area contributed by atoms with Gasteiger partial charge in [0.05, 0.1) is 19.1 Å². The maximum absolute atomic E-state index is 12.9. The first-order valence-electron chi connectivity index (χ1n) is 10.6. The summed E-state index contributed by atoms with van der Waals surface area (Å²) < 4.78 is 37.8. The van der Waals surface area contributed by atoms with Crippen LogP contribution < -0.4 is 24.8 Å². The summed E-state index contributed by atoms with van der Waals surface area (Å²) in [5, 5.41) is 6.03. The van der Waals surface area contributed by atoms with Gasteiger partial charge in [0.2, 0.25) is 10.0 Å². The molecule has 0 heterocycles. The van der Waals surface area contributed by atoms with Gasteiger partial charge in [0.15, 0.2) is 0 Å². The number of ether oxygens (including phenoxy) is 2. The molecule has 0 unspecified atom stereocenters. The van der Waals surface area contributed by atoms with Gasteiger partial charge in [0.25, 0.3) is 5.91 Å². The van der Waals surface area contributed by atoms with E-state index in [0.717, 1.165) is 22.4 Å². The van der Waals surface area contributed by atoms with Crippen molar-refractivity contribution in [1.29, 1.82) is 0 Å². The maximum Gasteiger partial charge on any atom is 0.255 e. The van der Waals surface area contributed by atoms with Gasteiger partial charge in [-0.2, -0.15) is 0 Å². The van der Waals surface area contributed by atoms with Crippen molar-refractivity contribution >= 4 is 27.3 Å². The van der Waals surface area contributed by atoms with E-state index in [4.69, 9.17) is 9.47 Å². The number of carbonyl (C=O) groups excluding carboxylic acids is 1. The number of hydrogen-bond acceptors (Lipinski definition) is 6. The van der Waals surface area contributed by atoms with E-state index in [2.05, 4.69) is 15.4 Å². The summed E-state index contributed by atoms with van der Waals surface area (Å²) in [6.45, 7) is 4.39. The van der Waals surface area contributed by atoms with Crippen LogP contribution in [0.3, 0.4) is 0 Å². The molecule has 3 N–H and O–H groups in total. The van der Waals surface area contributed by atoms with Crippen molar-refractivity contribution in [2.75, 3.05) is 31.9 Å². The minimum atomic E-state index is -3.77. The first kappa shape index (κ1) is 25.1. The van der Waals surface area contributed by atoms with Crippen molar-refractivity contribution in [2.24, 2.45) is 0 Å². The summed E-state index contributed by atoms with van der Waals surface area (Å²) in [5.74, 6) is 1.04. The predicted octanol–water partition coefficient (Wildman–Crippen LogP) is 4.09. The molecule has 0 fully saturated rings. The molecule has 0 radical (unpaired) electrons. The Hall–Kier alpha value is -3.56. The number of benzene rings is 3. The second kappa shape index (κ2) is 10.6. The lowest BCUT2D eigenvalue weighted by molar-refractivity contribution is 0.102. The second-order valence-corrected chi connectivity index (χ2v) is 9.62. The highest BCUT2D eigenvalue weighted by Gasteiger charge is 2.17.